The number of fused-ring (bicyclic) bond motifs is 2. The molecule has 0 bridgehead atoms. The van der Waals surface area contributed by atoms with Crippen molar-refractivity contribution in [2.45, 2.75) is 0 Å². The van der Waals surface area contributed by atoms with E-state index in [1.807, 2.05) is 12.2 Å². The van der Waals surface area contributed by atoms with Gasteiger partial charge in [0.05, 0.1) is 11.6 Å². The fourth-order valence-electron chi connectivity index (χ4n) is 5.06. The summed E-state index contributed by atoms with van der Waals surface area (Å²) in [5.74, 6) is 0. The first-order valence-corrected chi connectivity index (χ1v) is 13.3. The molecule has 0 amide bonds. The second-order valence-electron chi connectivity index (χ2n) is 8.84. The lowest BCUT2D eigenvalue weighted by Crippen LogP contribution is -2.57. The maximum atomic E-state index is 9.45. The van der Waals surface area contributed by atoms with Crippen LogP contribution in [0.1, 0.15) is 5.56 Å². The van der Waals surface area contributed by atoms with Crippen LogP contribution in [0.3, 0.4) is 0 Å². The van der Waals surface area contributed by atoms with E-state index in [9.17, 15) is 5.26 Å². The van der Waals surface area contributed by atoms with Crippen LogP contribution in [0.2, 0.25) is 0 Å². The molecule has 0 fully saturated rings. The summed E-state index contributed by atoms with van der Waals surface area (Å²) in [7, 11) is 0.940. The summed E-state index contributed by atoms with van der Waals surface area (Å²) < 4.78 is 0. The fourth-order valence-corrected chi connectivity index (χ4v) is 7.93. The first-order valence-electron chi connectivity index (χ1n) is 11.8. The highest BCUT2D eigenvalue weighted by Gasteiger charge is 2.33. The number of nitrogens with zero attached hydrogens (tertiary/aromatic N) is 3. The summed E-state index contributed by atoms with van der Waals surface area (Å²) in [6.07, 6.45) is 3.95. The van der Waals surface area contributed by atoms with Crippen LogP contribution >= 0.6 is 0 Å². The van der Waals surface area contributed by atoms with Crippen molar-refractivity contribution < 1.29 is 0 Å². The predicted octanol–water partition coefficient (Wildman–Crippen LogP) is 4.72. The average Bonchev–Trinajstić information content (AvgIpc) is 2.92. The quantitative estimate of drug-likeness (QED) is 0.361. The normalized spacial score (nSPS) is 15.0. The summed E-state index contributed by atoms with van der Waals surface area (Å²) in [4.78, 5) is 4.59. The van der Waals surface area contributed by atoms with Crippen molar-refractivity contribution >= 4 is 47.1 Å². The van der Waals surface area contributed by atoms with Gasteiger partial charge in [0.1, 0.15) is 0 Å². The Kier molecular flexibility index (Phi) is 5.33. The van der Waals surface area contributed by atoms with Gasteiger partial charge in [-0.05, 0) is 52.4 Å². The number of nitriles is 1. The maximum Gasteiger partial charge on any atom is 0.160 e. The number of rotatable bonds is 3. The second kappa shape index (κ2) is 8.79. The van der Waals surface area contributed by atoms with Gasteiger partial charge in [0.15, 0.2) is 8.80 Å². The fraction of sp³-hybridized carbons (Fsp3) is 0.0645. The molecule has 0 atom stereocenters. The summed E-state index contributed by atoms with van der Waals surface area (Å²) in [5, 5.41) is 13.6. The highest BCUT2D eigenvalue weighted by Crippen LogP contribution is 2.37. The first kappa shape index (κ1) is 21.2. The van der Waals surface area contributed by atoms with E-state index in [0.29, 0.717) is 5.57 Å². The van der Waals surface area contributed by atoms with Crippen molar-refractivity contribution in [3.63, 3.8) is 0 Å². The number of anilines is 3. The Balaban J connectivity index is 1.53. The van der Waals surface area contributed by atoms with Gasteiger partial charge in [-0.25, -0.2) is 0 Å². The van der Waals surface area contributed by atoms with E-state index in [1.54, 1.807) is 0 Å². The molecule has 0 spiro atoms. The van der Waals surface area contributed by atoms with Gasteiger partial charge in [0.25, 0.3) is 0 Å². The van der Waals surface area contributed by atoms with Crippen LogP contribution in [0.5, 0.6) is 0 Å². The molecule has 0 saturated heterocycles. The van der Waals surface area contributed by atoms with E-state index in [1.165, 1.54) is 26.9 Å². The van der Waals surface area contributed by atoms with Crippen LogP contribution in [-0.4, -0.2) is 27.3 Å². The van der Waals surface area contributed by atoms with E-state index >= 15 is 0 Å². The first-order chi connectivity index (χ1) is 17.2. The van der Waals surface area contributed by atoms with Crippen molar-refractivity contribution in [3.05, 3.63) is 126 Å². The molecule has 2 aliphatic heterocycles. The van der Waals surface area contributed by atoms with Gasteiger partial charge >= 0.3 is 0 Å². The SMILES string of the molecule is CN1CC=C(C#N)C=C1c1cccc(N2c3ccccc3[Si](c3ccccc3)c3ccccc32)c1. The monoisotopic (exact) mass is 466 g/mol. The Morgan fingerprint density at radius 2 is 1.43 bits per heavy atom. The van der Waals surface area contributed by atoms with E-state index in [-0.39, 0.29) is 0 Å². The predicted molar refractivity (Wildman–Crippen MR) is 147 cm³/mol. The zero-order valence-electron chi connectivity index (χ0n) is 19.5. The molecule has 0 aliphatic carbocycles. The number of benzene rings is 4. The van der Waals surface area contributed by atoms with E-state index in [4.69, 9.17) is 0 Å². The van der Waals surface area contributed by atoms with Crippen molar-refractivity contribution in [1.29, 1.82) is 5.26 Å². The third-order valence-corrected chi connectivity index (χ3v) is 9.54. The standard InChI is InChI=1S/C31H24N3Si/c1-33-19-18-23(22-32)20-29(33)24-10-9-11-25(21-24)34-27-14-5-7-16-30(27)35(26-12-3-2-4-13-26)31-17-8-6-15-28(31)34/h2-18,20-21H,19H2,1H3. The van der Waals surface area contributed by atoms with Gasteiger partial charge < -0.3 is 9.80 Å². The molecule has 4 heteroatoms. The Bertz CT molecular complexity index is 1470. The Hall–Kier alpha value is -4.33. The van der Waals surface area contributed by atoms with E-state index in [0.717, 1.165) is 23.5 Å². The average molecular weight is 467 g/mol. The smallest absolute Gasteiger partial charge is 0.160 e. The molecule has 167 valence electrons. The Morgan fingerprint density at radius 3 is 2.11 bits per heavy atom. The van der Waals surface area contributed by atoms with E-state index in [2.05, 4.69) is 126 Å². The molecule has 2 aliphatic rings. The minimum atomic E-state index is -1.13. The van der Waals surface area contributed by atoms with Crippen LogP contribution < -0.4 is 20.5 Å². The number of hydrogen-bond acceptors (Lipinski definition) is 3. The van der Waals surface area contributed by atoms with Crippen molar-refractivity contribution in [2.24, 2.45) is 0 Å². The molecule has 35 heavy (non-hydrogen) atoms. The molecule has 0 N–H and O–H groups in total. The molecule has 0 aromatic heterocycles. The highest BCUT2D eigenvalue weighted by molar-refractivity contribution is 6.98. The van der Waals surface area contributed by atoms with Crippen LogP contribution in [0, 0.1) is 11.3 Å². The summed E-state index contributed by atoms with van der Waals surface area (Å²) >= 11 is 0. The highest BCUT2D eigenvalue weighted by atomic mass is 28.3. The van der Waals surface area contributed by atoms with Gasteiger partial charge in [0.2, 0.25) is 0 Å². The minimum Gasteiger partial charge on any atom is -0.370 e. The van der Waals surface area contributed by atoms with Gasteiger partial charge in [0, 0.05) is 36.4 Å². The largest absolute Gasteiger partial charge is 0.370 e. The molecule has 6 rings (SSSR count). The maximum absolute atomic E-state index is 9.45. The lowest BCUT2D eigenvalue weighted by Gasteiger charge is -2.37. The third-order valence-electron chi connectivity index (χ3n) is 6.71. The number of para-hydroxylation sites is 2. The van der Waals surface area contributed by atoms with Crippen molar-refractivity contribution in [3.8, 4) is 6.07 Å². The number of allylic oxidation sites excluding steroid dienone is 2. The lowest BCUT2D eigenvalue weighted by molar-refractivity contribution is 0.530. The molecular weight excluding hydrogens is 442 g/mol. The summed E-state index contributed by atoms with van der Waals surface area (Å²) in [5.41, 5.74) is 6.50. The molecule has 4 aromatic carbocycles. The molecule has 3 nitrogen and oxygen atoms in total. The Labute approximate surface area is 208 Å². The van der Waals surface area contributed by atoms with Crippen molar-refractivity contribution in [1.82, 2.24) is 4.90 Å². The molecular formula is C31H24N3Si. The number of hydrogen-bond donors (Lipinski definition) is 0. The molecule has 0 saturated carbocycles. The molecule has 1 radical (unpaired) electrons. The van der Waals surface area contributed by atoms with Crippen LogP contribution in [0.15, 0.2) is 121 Å². The van der Waals surface area contributed by atoms with Crippen LogP contribution in [-0.2, 0) is 0 Å². The zero-order valence-corrected chi connectivity index (χ0v) is 20.5. The van der Waals surface area contributed by atoms with Gasteiger partial charge in [-0.15, -0.1) is 0 Å². The summed E-state index contributed by atoms with van der Waals surface area (Å²) in [6.45, 7) is 0.733. The second-order valence-corrected chi connectivity index (χ2v) is 11.2. The molecule has 2 heterocycles. The molecule has 0 unspecified atom stereocenters. The zero-order chi connectivity index (χ0) is 23.8. The summed E-state index contributed by atoms with van der Waals surface area (Å²) in [6, 6.07) is 39.6. The minimum absolute atomic E-state index is 0.715. The van der Waals surface area contributed by atoms with Gasteiger partial charge in [-0.1, -0.05) is 84.0 Å². The van der Waals surface area contributed by atoms with Crippen LogP contribution in [0.25, 0.3) is 5.70 Å². The lowest BCUT2D eigenvalue weighted by atomic mass is 10.0. The Morgan fingerprint density at radius 1 is 0.771 bits per heavy atom. The van der Waals surface area contributed by atoms with E-state index < -0.39 is 8.80 Å². The van der Waals surface area contributed by atoms with Gasteiger partial charge in [-0.2, -0.15) is 5.26 Å². The van der Waals surface area contributed by atoms with Crippen molar-refractivity contribution in [2.75, 3.05) is 18.5 Å². The number of likely N-dealkylation sites (N-methyl/N-ethyl adjacent to an activating group) is 1. The van der Waals surface area contributed by atoms with Crippen LogP contribution in [0.4, 0.5) is 17.1 Å². The van der Waals surface area contributed by atoms with Gasteiger partial charge in [-0.3, -0.25) is 0 Å². The topological polar surface area (TPSA) is 30.3 Å². The third kappa shape index (κ3) is 3.67. The molecule has 4 aromatic rings.